The summed E-state index contributed by atoms with van der Waals surface area (Å²) in [6.45, 7) is 1.80. The summed E-state index contributed by atoms with van der Waals surface area (Å²) in [5.41, 5.74) is 7.72. The highest BCUT2D eigenvalue weighted by atomic mass is 35.5. The van der Waals surface area contributed by atoms with E-state index in [1.807, 2.05) is 6.07 Å². The van der Waals surface area contributed by atoms with Gasteiger partial charge in [0.2, 0.25) is 0 Å². The third-order valence-electron chi connectivity index (χ3n) is 2.99. The Morgan fingerprint density at radius 2 is 2.13 bits per heavy atom. The molecule has 15 heavy (non-hydrogen) atoms. The van der Waals surface area contributed by atoms with Crippen LogP contribution in [0.25, 0.3) is 0 Å². The van der Waals surface area contributed by atoms with Gasteiger partial charge < -0.3 is 5.73 Å². The molecule has 0 saturated heterocycles. The van der Waals surface area contributed by atoms with Crippen LogP contribution in [0.4, 0.5) is 4.39 Å². The molecule has 0 aliphatic heterocycles. The van der Waals surface area contributed by atoms with Crippen molar-refractivity contribution in [2.45, 2.75) is 32.2 Å². The fourth-order valence-corrected chi connectivity index (χ4v) is 1.87. The van der Waals surface area contributed by atoms with E-state index in [2.05, 4.69) is 0 Å². The van der Waals surface area contributed by atoms with Gasteiger partial charge in [-0.3, -0.25) is 0 Å². The molecule has 3 heteroatoms. The number of benzene rings is 1. The molecule has 0 spiro atoms. The van der Waals surface area contributed by atoms with Crippen LogP contribution in [-0.2, 0) is 0 Å². The average Bonchev–Trinajstić information content (AvgIpc) is 2.93. The minimum Gasteiger partial charge on any atom is -0.324 e. The summed E-state index contributed by atoms with van der Waals surface area (Å²) in [7, 11) is 0. The molecule has 1 aliphatic rings. The Morgan fingerprint density at radius 1 is 1.47 bits per heavy atom. The Hall–Kier alpha value is -0.600. The minimum absolute atomic E-state index is 0. The molecule has 0 radical (unpaired) electrons. The molecule has 1 atom stereocenters. The predicted molar refractivity (Wildman–Crippen MR) is 62.7 cm³/mol. The second-order valence-corrected chi connectivity index (χ2v) is 4.24. The van der Waals surface area contributed by atoms with E-state index in [-0.39, 0.29) is 24.3 Å². The molecular weight excluding hydrogens is 213 g/mol. The van der Waals surface area contributed by atoms with Gasteiger partial charge in [-0.15, -0.1) is 12.4 Å². The van der Waals surface area contributed by atoms with Gasteiger partial charge in [-0.25, -0.2) is 4.39 Å². The second-order valence-electron chi connectivity index (χ2n) is 4.24. The maximum absolute atomic E-state index is 13.2. The van der Waals surface area contributed by atoms with Crippen LogP contribution in [0.2, 0.25) is 0 Å². The van der Waals surface area contributed by atoms with Crippen LogP contribution < -0.4 is 5.73 Å². The first-order valence-corrected chi connectivity index (χ1v) is 5.19. The van der Waals surface area contributed by atoms with Crippen molar-refractivity contribution in [1.29, 1.82) is 0 Å². The standard InChI is InChI=1S/C12H16FN.ClH/c1-8-10(3-2-4-11(8)13)12(14)7-9-5-6-9;/h2-4,9,12H,5-7,14H2,1H3;1H/t12-;/m0./s1. The van der Waals surface area contributed by atoms with E-state index in [4.69, 9.17) is 5.73 Å². The molecule has 2 rings (SSSR count). The molecule has 0 unspecified atom stereocenters. The van der Waals surface area contributed by atoms with E-state index in [1.54, 1.807) is 13.0 Å². The van der Waals surface area contributed by atoms with Crippen LogP contribution in [0.3, 0.4) is 0 Å². The van der Waals surface area contributed by atoms with Crippen LogP contribution >= 0.6 is 12.4 Å². The van der Waals surface area contributed by atoms with Crippen molar-refractivity contribution in [3.63, 3.8) is 0 Å². The Kier molecular flexibility index (Phi) is 4.12. The topological polar surface area (TPSA) is 26.0 Å². The van der Waals surface area contributed by atoms with Gasteiger partial charge in [-0.2, -0.15) is 0 Å². The minimum atomic E-state index is -0.145. The fraction of sp³-hybridized carbons (Fsp3) is 0.500. The van der Waals surface area contributed by atoms with Crippen molar-refractivity contribution in [3.8, 4) is 0 Å². The zero-order valence-electron chi connectivity index (χ0n) is 8.87. The van der Waals surface area contributed by atoms with E-state index in [9.17, 15) is 4.39 Å². The number of nitrogens with two attached hydrogens (primary N) is 1. The van der Waals surface area contributed by atoms with Gasteiger partial charge in [0, 0.05) is 6.04 Å². The van der Waals surface area contributed by atoms with Crippen molar-refractivity contribution >= 4 is 12.4 Å². The van der Waals surface area contributed by atoms with Gasteiger partial charge in [-0.05, 0) is 36.5 Å². The first-order chi connectivity index (χ1) is 6.68. The Morgan fingerprint density at radius 3 is 2.73 bits per heavy atom. The smallest absolute Gasteiger partial charge is 0.126 e. The molecular formula is C12H17ClFN. The van der Waals surface area contributed by atoms with Gasteiger partial charge >= 0.3 is 0 Å². The lowest BCUT2D eigenvalue weighted by Crippen LogP contribution is -2.13. The van der Waals surface area contributed by atoms with E-state index in [1.165, 1.54) is 18.9 Å². The molecule has 1 aromatic rings. The van der Waals surface area contributed by atoms with Crippen LogP contribution in [0, 0.1) is 18.7 Å². The summed E-state index contributed by atoms with van der Waals surface area (Å²) < 4.78 is 13.2. The van der Waals surface area contributed by atoms with Crippen LogP contribution in [0.5, 0.6) is 0 Å². The lowest BCUT2D eigenvalue weighted by Gasteiger charge is -2.14. The Balaban J connectivity index is 0.00000112. The molecule has 1 aliphatic carbocycles. The normalized spacial score (nSPS) is 17.0. The predicted octanol–water partition coefficient (Wildman–Crippen LogP) is 3.36. The molecule has 1 saturated carbocycles. The lowest BCUT2D eigenvalue weighted by molar-refractivity contribution is 0.575. The molecule has 0 heterocycles. The number of halogens is 2. The molecule has 1 nitrogen and oxygen atoms in total. The maximum Gasteiger partial charge on any atom is 0.126 e. The molecule has 1 fully saturated rings. The summed E-state index contributed by atoms with van der Waals surface area (Å²) in [6, 6.07) is 5.18. The van der Waals surface area contributed by atoms with Crippen molar-refractivity contribution in [2.75, 3.05) is 0 Å². The summed E-state index contributed by atoms with van der Waals surface area (Å²) in [4.78, 5) is 0. The first kappa shape index (κ1) is 12.5. The Bertz CT molecular complexity index is 336. The quantitative estimate of drug-likeness (QED) is 0.845. The molecule has 0 bridgehead atoms. The maximum atomic E-state index is 13.2. The van der Waals surface area contributed by atoms with Gasteiger partial charge in [0.1, 0.15) is 5.82 Å². The zero-order valence-corrected chi connectivity index (χ0v) is 9.69. The van der Waals surface area contributed by atoms with Gasteiger partial charge in [0.15, 0.2) is 0 Å². The van der Waals surface area contributed by atoms with Crippen molar-refractivity contribution in [1.82, 2.24) is 0 Å². The summed E-state index contributed by atoms with van der Waals surface area (Å²) in [6.07, 6.45) is 3.59. The molecule has 84 valence electrons. The number of hydrogen-bond acceptors (Lipinski definition) is 1. The van der Waals surface area contributed by atoms with Crippen molar-refractivity contribution in [3.05, 3.63) is 35.1 Å². The van der Waals surface area contributed by atoms with Crippen LogP contribution in [-0.4, -0.2) is 0 Å². The largest absolute Gasteiger partial charge is 0.324 e. The zero-order chi connectivity index (χ0) is 10.1. The summed E-state index contributed by atoms with van der Waals surface area (Å²) in [5, 5.41) is 0. The summed E-state index contributed by atoms with van der Waals surface area (Å²) >= 11 is 0. The van der Waals surface area contributed by atoms with E-state index >= 15 is 0 Å². The van der Waals surface area contributed by atoms with Gasteiger partial charge in [-0.1, -0.05) is 25.0 Å². The SMILES string of the molecule is Cc1c(F)cccc1[C@@H](N)CC1CC1.Cl. The van der Waals surface area contributed by atoms with Crippen molar-refractivity contribution in [2.24, 2.45) is 11.7 Å². The highest BCUT2D eigenvalue weighted by Crippen LogP contribution is 2.37. The average molecular weight is 230 g/mol. The van der Waals surface area contributed by atoms with E-state index < -0.39 is 0 Å². The van der Waals surface area contributed by atoms with Crippen LogP contribution in [0.1, 0.15) is 36.4 Å². The number of rotatable bonds is 3. The highest BCUT2D eigenvalue weighted by molar-refractivity contribution is 5.85. The van der Waals surface area contributed by atoms with Crippen molar-refractivity contribution < 1.29 is 4.39 Å². The number of hydrogen-bond donors (Lipinski definition) is 1. The van der Waals surface area contributed by atoms with E-state index in [0.29, 0.717) is 5.56 Å². The molecule has 2 N–H and O–H groups in total. The van der Waals surface area contributed by atoms with Gasteiger partial charge in [0.05, 0.1) is 0 Å². The first-order valence-electron chi connectivity index (χ1n) is 5.19. The lowest BCUT2D eigenvalue weighted by atomic mass is 9.97. The van der Waals surface area contributed by atoms with E-state index in [0.717, 1.165) is 17.9 Å². The third-order valence-corrected chi connectivity index (χ3v) is 2.99. The molecule has 1 aromatic carbocycles. The summed E-state index contributed by atoms with van der Waals surface area (Å²) in [5.74, 6) is 0.640. The molecule has 0 amide bonds. The van der Waals surface area contributed by atoms with Gasteiger partial charge in [0.25, 0.3) is 0 Å². The monoisotopic (exact) mass is 229 g/mol. The second kappa shape index (κ2) is 4.95. The fourth-order valence-electron chi connectivity index (χ4n) is 1.87. The molecule has 0 aromatic heterocycles. The van der Waals surface area contributed by atoms with Crippen LogP contribution in [0.15, 0.2) is 18.2 Å². The highest BCUT2D eigenvalue weighted by Gasteiger charge is 2.25. The Labute approximate surface area is 96.3 Å². The third kappa shape index (κ3) is 2.93.